The van der Waals surface area contributed by atoms with E-state index in [1.807, 2.05) is 0 Å². The number of hydrogen-bond donors (Lipinski definition) is 2. The first kappa shape index (κ1) is 6.28. The highest BCUT2D eigenvalue weighted by Crippen LogP contribution is 2.03. The van der Waals surface area contributed by atoms with Crippen LogP contribution in [-0.2, 0) is 0 Å². The van der Waals surface area contributed by atoms with E-state index in [-0.39, 0.29) is 5.82 Å². The van der Waals surface area contributed by atoms with E-state index in [4.69, 9.17) is 5.11 Å². The van der Waals surface area contributed by atoms with Crippen molar-refractivity contribution < 1.29 is 9.90 Å². The number of carboxylic acid groups (broad SMARTS) is 1. The fourth-order valence-corrected chi connectivity index (χ4v) is 0.701. The van der Waals surface area contributed by atoms with E-state index in [1.165, 1.54) is 6.20 Å². The molecule has 1 aromatic rings. The lowest BCUT2D eigenvalue weighted by Crippen LogP contribution is -1.97. The summed E-state index contributed by atoms with van der Waals surface area (Å²) in [6.07, 6.45) is 1.46. The molecule has 0 fully saturated rings. The molecule has 0 saturated carbocycles. The van der Waals surface area contributed by atoms with Crippen LogP contribution in [0.5, 0.6) is 0 Å². The van der Waals surface area contributed by atoms with Crippen molar-refractivity contribution in [3.05, 3.63) is 16.6 Å². The number of rotatable bonds is 1. The van der Waals surface area contributed by atoms with Gasteiger partial charge in [0.1, 0.15) is 4.60 Å². The highest BCUT2D eigenvalue weighted by molar-refractivity contribution is 9.10. The fourth-order valence-electron chi connectivity index (χ4n) is 0.409. The summed E-state index contributed by atoms with van der Waals surface area (Å²) in [5.74, 6) is -1.11. The molecule has 48 valence electrons. The van der Waals surface area contributed by atoms with Crippen molar-refractivity contribution >= 4 is 21.9 Å². The van der Waals surface area contributed by atoms with E-state index in [0.29, 0.717) is 4.60 Å². The van der Waals surface area contributed by atoms with Gasteiger partial charge in [0.25, 0.3) is 0 Å². The van der Waals surface area contributed by atoms with Gasteiger partial charge < -0.3 is 10.1 Å². The number of H-pyrrole nitrogens is 1. The first-order valence-corrected chi connectivity index (χ1v) is 2.93. The summed E-state index contributed by atoms with van der Waals surface area (Å²) in [4.78, 5) is 16.1. The lowest BCUT2D eigenvalue weighted by molar-refractivity contribution is 0.0684. The second-order valence-electron chi connectivity index (χ2n) is 1.38. The van der Waals surface area contributed by atoms with E-state index < -0.39 is 5.97 Å². The third kappa shape index (κ3) is 1.29. The minimum Gasteiger partial charge on any atom is -0.475 e. The van der Waals surface area contributed by atoms with Gasteiger partial charge in [-0.2, -0.15) is 0 Å². The number of carboxylic acids is 1. The maximum Gasteiger partial charge on any atom is 0.371 e. The molecule has 0 saturated heterocycles. The largest absolute Gasteiger partial charge is 0.475 e. The van der Waals surface area contributed by atoms with Gasteiger partial charge in [0.2, 0.25) is 5.82 Å². The third-order valence-electron chi connectivity index (χ3n) is 0.749. The lowest BCUT2D eigenvalue weighted by Gasteiger charge is -1.79. The second kappa shape index (κ2) is 2.18. The number of nitrogens with one attached hydrogen (secondary N) is 1. The Morgan fingerprint density at radius 2 is 2.56 bits per heavy atom. The van der Waals surface area contributed by atoms with E-state index in [9.17, 15) is 4.79 Å². The lowest BCUT2D eigenvalue weighted by atomic mass is 10.6. The summed E-state index contributed by atoms with van der Waals surface area (Å²) in [5.41, 5.74) is 0. The van der Waals surface area contributed by atoms with Crippen molar-refractivity contribution in [2.24, 2.45) is 0 Å². The Morgan fingerprint density at radius 3 is 2.78 bits per heavy atom. The molecule has 0 aliphatic carbocycles. The summed E-state index contributed by atoms with van der Waals surface area (Å²) in [6.45, 7) is 0. The number of carbonyl (C=O) groups is 1. The zero-order valence-corrected chi connectivity index (χ0v) is 5.84. The average molecular weight is 191 g/mol. The van der Waals surface area contributed by atoms with Crippen LogP contribution in [-0.4, -0.2) is 21.0 Å². The number of aromatic carboxylic acids is 1. The number of aromatic nitrogens is 2. The number of imidazole rings is 1. The molecule has 1 rings (SSSR count). The van der Waals surface area contributed by atoms with Crippen LogP contribution in [0, 0.1) is 0 Å². The van der Waals surface area contributed by atoms with Crippen molar-refractivity contribution in [1.29, 1.82) is 0 Å². The zero-order chi connectivity index (χ0) is 6.85. The van der Waals surface area contributed by atoms with Crippen molar-refractivity contribution in [2.45, 2.75) is 0 Å². The molecule has 5 heteroatoms. The van der Waals surface area contributed by atoms with E-state index in [0.717, 1.165) is 0 Å². The first-order valence-electron chi connectivity index (χ1n) is 2.14. The van der Waals surface area contributed by atoms with Crippen LogP contribution in [0.3, 0.4) is 0 Å². The molecular weight excluding hydrogens is 188 g/mol. The van der Waals surface area contributed by atoms with Gasteiger partial charge in [-0.3, -0.25) is 0 Å². The molecule has 9 heavy (non-hydrogen) atoms. The molecule has 2 N–H and O–H groups in total. The molecule has 0 amide bonds. The van der Waals surface area contributed by atoms with Gasteiger partial charge in [0.05, 0.1) is 0 Å². The second-order valence-corrected chi connectivity index (χ2v) is 2.19. The van der Waals surface area contributed by atoms with E-state index >= 15 is 0 Å². The maximum atomic E-state index is 10.1. The molecule has 0 aromatic carbocycles. The molecule has 4 nitrogen and oxygen atoms in total. The Balaban J connectivity index is 2.98. The van der Waals surface area contributed by atoms with Crippen LogP contribution in [0.1, 0.15) is 10.6 Å². The molecule has 0 radical (unpaired) electrons. The molecule has 0 spiro atoms. The van der Waals surface area contributed by atoms with Crippen LogP contribution < -0.4 is 0 Å². The molecule has 1 aromatic heterocycles. The summed E-state index contributed by atoms with van der Waals surface area (Å²) in [7, 11) is 0. The maximum absolute atomic E-state index is 10.1. The van der Waals surface area contributed by atoms with Crippen LogP contribution in [0.4, 0.5) is 0 Å². The summed E-state index contributed by atoms with van der Waals surface area (Å²) in [5, 5.41) is 8.28. The molecular formula is C4H3BrN2O2. The van der Waals surface area contributed by atoms with Crippen LogP contribution >= 0.6 is 15.9 Å². The van der Waals surface area contributed by atoms with Crippen LogP contribution in [0.15, 0.2) is 10.8 Å². The predicted octanol–water partition coefficient (Wildman–Crippen LogP) is 0.870. The molecule has 1 heterocycles. The van der Waals surface area contributed by atoms with Gasteiger partial charge in [-0.15, -0.1) is 0 Å². The number of halogens is 1. The Labute approximate surface area is 59.0 Å². The standard InChI is InChI=1S/C4H3BrN2O2/c5-2-1-6-3(7-2)4(8)9/h1H,(H,6,7)(H,8,9). The minimum absolute atomic E-state index is 0.0538. The molecule has 0 aliphatic rings. The molecule has 0 unspecified atom stereocenters. The Hall–Kier alpha value is -0.840. The van der Waals surface area contributed by atoms with Gasteiger partial charge in [0.15, 0.2) is 0 Å². The van der Waals surface area contributed by atoms with Crippen molar-refractivity contribution in [3.8, 4) is 0 Å². The van der Waals surface area contributed by atoms with Gasteiger partial charge in [-0.25, -0.2) is 9.78 Å². The summed E-state index contributed by atoms with van der Waals surface area (Å²) >= 11 is 2.99. The quantitative estimate of drug-likeness (QED) is 0.691. The summed E-state index contributed by atoms with van der Waals surface area (Å²) < 4.78 is 0.500. The monoisotopic (exact) mass is 190 g/mol. The van der Waals surface area contributed by atoms with Crippen molar-refractivity contribution in [1.82, 2.24) is 9.97 Å². The zero-order valence-electron chi connectivity index (χ0n) is 4.26. The van der Waals surface area contributed by atoms with Crippen molar-refractivity contribution in [2.75, 3.05) is 0 Å². The van der Waals surface area contributed by atoms with Gasteiger partial charge in [0, 0.05) is 6.20 Å². The number of nitrogens with zero attached hydrogens (tertiary/aromatic N) is 1. The van der Waals surface area contributed by atoms with Crippen molar-refractivity contribution in [3.63, 3.8) is 0 Å². The van der Waals surface area contributed by atoms with Gasteiger partial charge in [-0.1, -0.05) is 0 Å². The number of hydrogen-bond acceptors (Lipinski definition) is 2. The smallest absolute Gasteiger partial charge is 0.371 e. The Morgan fingerprint density at radius 1 is 1.89 bits per heavy atom. The highest BCUT2D eigenvalue weighted by atomic mass is 79.9. The van der Waals surface area contributed by atoms with Gasteiger partial charge >= 0.3 is 5.97 Å². The van der Waals surface area contributed by atoms with E-state index in [2.05, 4.69) is 25.9 Å². The van der Waals surface area contributed by atoms with Crippen LogP contribution in [0.2, 0.25) is 0 Å². The Kier molecular flexibility index (Phi) is 1.52. The predicted molar refractivity (Wildman–Crippen MR) is 33.2 cm³/mol. The fraction of sp³-hybridized carbons (Fsp3) is 0. The van der Waals surface area contributed by atoms with Gasteiger partial charge in [-0.05, 0) is 15.9 Å². The average Bonchev–Trinajstić information content (AvgIpc) is 2.14. The first-order chi connectivity index (χ1) is 4.20. The minimum atomic E-state index is -1.05. The van der Waals surface area contributed by atoms with E-state index in [1.54, 1.807) is 0 Å². The third-order valence-corrected chi connectivity index (χ3v) is 1.16. The summed E-state index contributed by atoms with van der Waals surface area (Å²) in [6, 6.07) is 0. The molecule has 0 atom stereocenters. The normalized spacial score (nSPS) is 9.44. The molecule has 0 aliphatic heterocycles. The molecule has 0 bridgehead atoms. The number of aromatic amines is 1. The van der Waals surface area contributed by atoms with Crippen LogP contribution in [0.25, 0.3) is 0 Å². The highest BCUT2D eigenvalue weighted by Gasteiger charge is 2.04. The Bertz CT molecular complexity index is 232. The topological polar surface area (TPSA) is 66.0 Å². The SMILES string of the molecule is O=C(O)c1nc(Br)c[nH]1.